The van der Waals surface area contributed by atoms with Gasteiger partial charge in [0.05, 0.1) is 0 Å². The zero-order valence-electron chi connectivity index (χ0n) is 9.48. The molecule has 1 aromatic carbocycles. The van der Waals surface area contributed by atoms with Crippen LogP contribution in [0.5, 0.6) is 0 Å². The summed E-state index contributed by atoms with van der Waals surface area (Å²) >= 11 is 3.39. The summed E-state index contributed by atoms with van der Waals surface area (Å²) in [4.78, 5) is 0. The van der Waals surface area contributed by atoms with Gasteiger partial charge in [0.2, 0.25) is 5.82 Å². The maximum absolute atomic E-state index is 9.00. The highest BCUT2D eigenvalue weighted by Crippen LogP contribution is 2.20. The van der Waals surface area contributed by atoms with Crippen LogP contribution in [0.1, 0.15) is 11.4 Å². The van der Waals surface area contributed by atoms with Crippen molar-refractivity contribution >= 4 is 27.2 Å². The van der Waals surface area contributed by atoms with Crippen LogP contribution in [0.25, 0.3) is 5.57 Å². The van der Waals surface area contributed by atoms with Crippen molar-refractivity contribution < 1.29 is 0 Å². The molecule has 90 valence electrons. The zero-order valence-corrected chi connectivity index (χ0v) is 11.1. The molecule has 0 unspecified atom stereocenters. The van der Waals surface area contributed by atoms with Crippen molar-refractivity contribution in [3.8, 4) is 6.07 Å². The van der Waals surface area contributed by atoms with Crippen LogP contribution < -0.4 is 5.32 Å². The SMILES string of the molecule is Cc1cc(Br)ccc1NC=C(C#N)c1nn[nH]n1. The first-order valence-electron chi connectivity index (χ1n) is 5.07. The Morgan fingerprint density at radius 3 is 3.00 bits per heavy atom. The second-order valence-corrected chi connectivity index (χ2v) is 4.42. The van der Waals surface area contributed by atoms with Gasteiger partial charge in [-0.05, 0) is 35.9 Å². The van der Waals surface area contributed by atoms with Gasteiger partial charge in [-0.15, -0.1) is 10.2 Å². The van der Waals surface area contributed by atoms with Crippen LogP contribution in [0.2, 0.25) is 0 Å². The number of aromatic nitrogens is 4. The van der Waals surface area contributed by atoms with E-state index in [1.54, 1.807) is 6.20 Å². The number of aromatic amines is 1. The molecule has 0 amide bonds. The molecule has 0 saturated heterocycles. The minimum absolute atomic E-state index is 0.264. The number of anilines is 1. The van der Waals surface area contributed by atoms with E-state index in [0.717, 1.165) is 15.7 Å². The predicted octanol–water partition coefficient (Wildman–Crippen LogP) is 2.25. The predicted molar refractivity (Wildman–Crippen MR) is 70.3 cm³/mol. The van der Waals surface area contributed by atoms with Crippen molar-refractivity contribution in [1.29, 1.82) is 5.26 Å². The van der Waals surface area contributed by atoms with Gasteiger partial charge in [-0.25, -0.2) is 0 Å². The first kappa shape index (κ1) is 12.3. The molecule has 0 atom stereocenters. The summed E-state index contributed by atoms with van der Waals surface area (Å²) in [5.41, 5.74) is 2.28. The molecule has 0 aliphatic heterocycles. The highest BCUT2D eigenvalue weighted by atomic mass is 79.9. The second-order valence-electron chi connectivity index (χ2n) is 3.51. The van der Waals surface area contributed by atoms with Gasteiger partial charge in [0.15, 0.2) is 0 Å². The van der Waals surface area contributed by atoms with E-state index in [2.05, 4.69) is 41.9 Å². The smallest absolute Gasteiger partial charge is 0.216 e. The fourth-order valence-electron chi connectivity index (χ4n) is 1.36. The minimum atomic E-state index is 0.264. The third-order valence-electron chi connectivity index (χ3n) is 2.27. The lowest BCUT2D eigenvalue weighted by Crippen LogP contribution is -1.94. The largest absolute Gasteiger partial charge is 0.360 e. The van der Waals surface area contributed by atoms with Gasteiger partial charge in [0, 0.05) is 16.4 Å². The zero-order chi connectivity index (χ0) is 13.0. The summed E-state index contributed by atoms with van der Waals surface area (Å²) in [6, 6.07) is 7.83. The third-order valence-corrected chi connectivity index (χ3v) is 2.76. The first-order valence-corrected chi connectivity index (χ1v) is 5.87. The molecule has 0 bridgehead atoms. The maximum atomic E-state index is 9.00. The Labute approximate surface area is 112 Å². The Bertz CT molecular complexity index is 611. The molecule has 18 heavy (non-hydrogen) atoms. The summed E-state index contributed by atoms with van der Waals surface area (Å²) in [5, 5.41) is 25.3. The number of nitrogens with one attached hydrogen (secondary N) is 2. The number of nitrogens with zero attached hydrogens (tertiary/aromatic N) is 4. The van der Waals surface area contributed by atoms with Crippen molar-refractivity contribution in [1.82, 2.24) is 20.6 Å². The molecule has 0 aliphatic carbocycles. The molecule has 2 aromatic rings. The van der Waals surface area contributed by atoms with Gasteiger partial charge >= 0.3 is 0 Å². The number of aryl methyl sites for hydroxylation is 1. The topological polar surface area (TPSA) is 90.3 Å². The highest BCUT2D eigenvalue weighted by molar-refractivity contribution is 9.10. The lowest BCUT2D eigenvalue weighted by atomic mass is 10.2. The number of halogens is 1. The summed E-state index contributed by atoms with van der Waals surface area (Å²) in [6.45, 7) is 1.97. The van der Waals surface area contributed by atoms with Crippen LogP contribution >= 0.6 is 15.9 Å². The van der Waals surface area contributed by atoms with E-state index in [1.165, 1.54) is 0 Å². The average Bonchev–Trinajstić information content (AvgIpc) is 2.86. The Morgan fingerprint density at radius 1 is 1.56 bits per heavy atom. The summed E-state index contributed by atoms with van der Waals surface area (Å²) in [6.07, 6.45) is 1.56. The number of hydrogen-bond acceptors (Lipinski definition) is 5. The lowest BCUT2D eigenvalue weighted by Gasteiger charge is -2.05. The molecule has 1 heterocycles. The molecule has 0 fully saturated rings. The average molecular weight is 305 g/mol. The van der Waals surface area contributed by atoms with Crippen LogP contribution in [-0.4, -0.2) is 20.6 Å². The van der Waals surface area contributed by atoms with E-state index in [0.29, 0.717) is 5.57 Å². The summed E-state index contributed by atoms with van der Waals surface area (Å²) < 4.78 is 1.01. The Kier molecular flexibility index (Phi) is 3.69. The molecule has 2 rings (SSSR count). The van der Waals surface area contributed by atoms with E-state index >= 15 is 0 Å². The number of H-pyrrole nitrogens is 1. The Balaban J connectivity index is 2.22. The first-order chi connectivity index (χ1) is 8.70. The molecule has 1 aromatic heterocycles. The molecule has 0 radical (unpaired) electrons. The number of hydrogen-bond donors (Lipinski definition) is 2. The van der Waals surface area contributed by atoms with Crippen LogP contribution in [-0.2, 0) is 0 Å². The van der Waals surface area contributed by atoms with Crippen LogP contribution in [0, 0.1) is 18.3 Å². The number of nitriles is 1. The summed E-state index contributed by atoms with van der Waals surface area (Å²) in [7, 11) is 0. The molecule has 2 N–H and O–H groups in total. The lowest BCUT2D eigenvalue weighted by molar-refractivity contribution is 0.881. The number of rotatable bonds is 3. The maximum Gasteiger partial charge on any atom is 0.216 e. The van der Waals surface area contributed by atoms with E-state index < -0.39 is 0 Å². The van der Waals surface area contributed by atoms with Crippen LogP contribution in [0.4, 0.5) is 5.69 Å². The van der Waals surface area contributed by atoms with E-state index in [4.69, 9.17) is 5.26 Å². The molecule has 6 nitrogen and oxygen atoms in total. The molecule has 0 aliphatic rings. The van der Waals surface area contributed by atoms with Crippen molar-refractivity contribution in [3.63, 3.8) is 0 Å². The van der Waals surface area contributed by atoms with E-state index in [9.17, 15) is 0 Å². The van der Waals surface area contributed by atoms with Gasteiger partial charge in [0.1, 0.15) is 11.6 Å². The fraction of sp³-hybridized carbons (Fsp3) is 0.0909. The molecular weight excluding hydrogens is 296 g/mol. The second kappa shape index (κ2) is 5.42. The number of allylic oxidation sites excluding steroid dienone is 1. The van der Waals surface area contributed by atoms with E-state index in [1.807, 2.05) is 31.2 Å². The van der Waals surface area contributed by atoms with Crippen molar-refractivity contribution in [2.24, 2.45) is 0 Å². The molecule has 0 spiro atoms. The molecular formula is C11H9BrN6. The van der Waals surface area contributed by atoms with E-state index in [-0.39, 0.29) is 5.82 Å². The van der Waals surface area contributed by atoms with Crippen LogP contribution in [0.3, 0.4) is 0 Å². The quantitative estimate of drug-likeness (QED) is 0.849. The normalized spacial score (nSPS) is 11.1. The highest BCUT2D eigenvalue weighted by Gasteiger charge is 2.05. The molecule has 7 heteroatoms. The number of benzene rings is 1. The molecule has 0 saturated carbocycles. The Morgan fingerprint density at radius 2 is 2.39 bits per heavy atom. The van der Waals surface area contributed by atoms with Crippen molar-refractivity contribution in [2.45, 2.75) is 6.92 Å². The fourth-order valence-corrected chi connectivity index (χ4v) is 1.84. The summed E-state index contributed by atoms with van der Waals surface area (Å²) in [5.74, 6) is 0.264. The van der Waals surface area contributed by atoms with Crippen molar-refractivity contribution in [2.75, 3.05) is 5.32 Å². The number of tetrazole rings is 1. The van der Waals surface area contributed by atoms with Gasteiger partial charge in [-0.2, -0.15) is 10.5 Å². The standard InChI is InChI=1S/C11H9BrN6/c1-7-4-9(12)2-3-10(7)14-6-8(5-13)11-15-17-18-16-11/h2-4,6,14H,1H3,(H,15,16,17,18). The van der Waals surface area contributed by atoms with Gasteiger partial charge in [-0.1, -0.05) is 15.9 Å². The van der Waals surface area contributed by atoms with Gasteiger partial charge in [-0.3, -0.25) is 0 Å². The Hall–Kier alpha value is -2.20. The minimum Gasteiger partial charge on any atom is -0.360 e. The van der Waals surface area contributed by atoms with Crippen LogP contribution in [0.15, 0.2) is 28.9 Å². The van der Waals surface area contributed by atoms with Gasteiger partial charge in [0.25, 0.3) is 0 Å². The van der Waals surface area contributed by atoms with Crippen molar-refractivity contribution in [3.05, 3.63) is 40.3 Å². The third kappa shape index (κ3) is 2.73. The van der Waals surface area contributed by atoms with Gasteiger partial charge < -0.3 is 5.32 Å². The monoisotopic (exact) mass is 304 g/mol.